The molecule has 1 aromatic heterocycles. The van der Waals surface area contributed by atoms with E-state index in [0.717, 1.165) is 9.80 Å². The molecule has 1 aromatic rings. The van der Waals surface area contributed by atoms with Crippen molar-refractivity contribution in [2.45, 2.75) is 35.2 Å². The highest BCUT2D eigenvalue weighted by Gasteiger charge is 2.65. The highest BCUT2D eigenvalue weighted by Crippen LogP contribution is 2.45. The maximum atomic E-state index is 13.0. The topological polar surface area (TPSA) is 166 Å². The summed E-state index contributed by atoms with van der Waals surface area (Å²) in [7, 11) is 0. The summed E-state index contributed by atoms with van der Waals surface area (Å²) in [6, 6.07) is 3.58. The number of aromatic nitrogens is 1. The summed E-state index contributed by atoms with van der Waals surface area (Å²) in [6.45, 7) is 0. The van der Waals surface area contributed by atoms with E-state index < -0.39 is 34.8 Å². The van der Waals surface area contributed by atoms with Crippen molar-refractivity contribution < 1.29 is 34.2 Å². The molecule has 170 valence electrons. The van der Waals surface area contributed by atoms with Crippen molar-refractivity contribution in [2.24, 2.45) is 0 Å². The molecule has 11 nitrogen and oxygen atoms in total. The third kappa shape index (κ3) is 4.72. The van der Waals surface area contributed by atoms with E-state index in [1.165, 1.54) is 23.5 Å². The first kappa shape index (κ1) is 23.6. The van der Waals surface area contributed by atoms with Crippen LogP contribution in [0.3, 0.4) is 0 Å². The van der Waals surface area contributed by atoms with Crippen LogP contribution in [-0.2, 0) is 24.0 Å². The van der Waals surface area contributed by atoms with E-state index in [4.69, 9.17) is 5.11 Å². The number of amides is 3. The van der Waals surface area contributed by atoms with E-state index in [1.54, 1.807) is 24.5 Å². The van der Waals surface area contributed by atoms with Gasteiger partial charge in [-0.05, 0) is 24.1 Å². The normalized spacial score (nSPS) is 21.9. The zero-order chi connectivity index (χ0) is 23.3. The third-order valence-corrected chi connectivity index (χ3v) is 7.33. The number of carbonyl (C=O) groups is 5. The number of carbonyl (C=O) groups excluding carboxylic acids is 3. The molecule has 2 atom stereocenters. The summed E-state index contributed by atoms with van der Waals surface area (Å²) in [5.41, 5.74) is -1.40. The van der Waals surface area contributed by atoms with E-state index in [1.807, 2.05) is 0 Å². The van der Waals surface area contributed by atoms with Crippen LogP contribution in [0.5, 0.6) is 0 Å². The summed E-state index contributed by atoms with van der Waals surface area (Å²) < 4.78 is 0. The van der Waals surface area contributed by atoms with Gasteiger partial charge in [0.25, 0.3) is 5.91 Å². The third-order valence-electron chi connectivity index (χ3n) is 4.84. The quantitative estimate of drug-likeness (QED) is 0.149. The predicted molar refractivity (Wildman–Crippen MR) is 114 cm³/mol. The van der Waals surface area contributed by atoms with Crippen LogP contribution < -0.4 is 10.6 Å². The molecule has 2 aliphatic heterocycles. The van der Waals surface area contributed by atoms with E-state index in [0.29, 0.717) is 11.3 Å². The summed E-state index contributed by atoms with van der Waals surface area (Å²) in [5, 5.41) is 22.4. The van der Waals surface area contributed by atoms with E-state index in [9.17, 15) is 29.1 Å². The molecule has 3 rings (SSSR count). The van der Waals surface area contributed by atoms with Gasteiger partial charge in [-0.25, -0.2) is 4.79 Å². The lowest BCUT2D eigenvalue weighted by atomic mass is 9.95. The van der Waals surface area contributed by atoms with Crippen molar-refractivity contribution >= 4 is 53.7 Å². The van der Waals surface area contributed by atoms with Crippen molar-refractivity contribution in [3.05, 3.63) is 35.8 Å². The van der Waals surface area contributed by atoms with Crippen LogP contribution in [0.2, 0.25) is 0 Å². The van der Waals surface area contributed by atoms with Crippen molar-refractivity contribution in [3.63, 3.8) is 0 Å². The molecule has 1 saturated heterocycles. The van der Waals surface area contributed by atoms with Crippen LogP contribution in [0.15, 0.2) is 40.7 Å². The molecule has 1 fully saturated rings. The Morgan fingerprint density at radius 3 is 2.62 bits per heavy atom. The van der Waals surface area contributed by atoms with Gasteiger partial charge < -0.3 is 20.8 Å². The fourth-order valence-corrected chi connectivity index (χ4v) is 5.84. The molecule has 0 bridgehead atoms. The standard InChI is InChI=1S/C19H20N4O7S2/c24-10-21-19(22-13(25)2-1-3-14(26)27)17(30)23-15(16(28)29)11(9-32-18(19)23)8-31-12-4-6-20-7-5-12/h4-7,10,18H,1-3,8-9H2,(H,21,24)(H,22,25)(H,26,27)(H,28,29)/t18-,19?/m1/s1. The number of rotatable bonds is 11. The van der Waals surface area contributed by atoms with Crippen molar-refractivity contribution in [3.8, 4) is 0 Å². The first-order valence-corrected chi connectivity index (χ1v) is 11.5. The van der Waals surface area contributed by atoms with Gasteiger partial charge in [-0.2, -0.15) is 0 Å². The Morgan fingerprint density at radius 2 is 2.00 bits per heavy atom. The zero-order valence-electron chi connectivity index (χ0n) is 16.6. The number of carboxylic acids is 2. The second-order valence-corrected chi connectivity index (χ2v) is 9.05. The summed E-state index contributed by atoms with van der Waals surface area (Å²) in [6.07, 6.45) is 3.20. The Morgan fingerprint density at radius 1 is 1.28 bits per heavy atom. The van der Waals surface area contributed by atoms with Crippen LogP contribution in [0.4, 0.5) is 0 Å². The number of carboxylic acid groups (broad SMARTS) is 2. The smallest absolute Gasteiger partial charge is 0.352 e. The molecule has 32 heavy (non-hydrogen) atoms. The Hall–Kier alpha value is -3.06. The molecule has 4 N–H and O–H groups in total. The first-order chi connectivity index (χ1) is 15.3. The second kappa shape index (κ2) is 10.0. The summed E-state index contributed by atoms with van der Waals surface area (Å²) in [5.74, 6) is -3.09. The van der Waals surface area contributed by atoms with Gasteiger partial charge in [-0.15, -0.1) is 23.5 Å². The predicted octanol–water partition coefficient (Wildman–Crippen LogP) is 0.241. The van der Waals surface area contributed by atoms with E-state index >= 15 is 0 Å². The molecule has 0 radical (unpaired) electrons. The highest BCUT2D eigenvalue weighted by atomic mass is 32.2. The van der Waals surface area contributed by atoms with Crippen molar-refractivity contribution in [1.82, 2.24) is 20.5 Å². The van der Waals surface area contributed by atoms with Crippen LogP contribution >= 0.6 is 23.5 Å². The van der Waals surface area contributed by atoms with E-state index in [-0.39, 0.29) is 37.1 Å². The first-order valence-electron chi connectivity index (χ1n) is 9.47. The lowest BCUT2D eigenvalue weighted by Crippen LogP contribution is -2.85. The van der Waals surface area contributed by atoms with Gasteiger partial charge in [0.2, 0.25) is 18.0 Å². The minimum atomic E-state index is -1.78. The molecule has 0 spiro atoms. The van der Waals surface area contributed by atoms with Gasteiger partial charge in [-0.1, -0.05) is 0 Å². The van der Waals surface area contributed by atoms with Gasteiger partial charge in [-0.3, -0.25) is 29.1 Å². The van der Waals surface area contributed by atoms with Gasteiger partial charge >= 0.3 is 11.9 Å². The molecule has 13 heteroatoms. The van der Waals surface area contributed by atoms with Crippen LogP contribution in [-0.4, -0.2) is 72.8 Å². The number of β-lactam (4-membered cyclic amide) rings is 1. The lowest BCUT2D eigenvalue weighted by Gasteiger charge is -2.56. The maximum Gasteiger partial charge on any atom is 0.352 e. The number of hydrogen-bond acceptors (Lipinski definition) is 8. The Bertz CT molecular complexity index is 972. The number of aliphatic carboxylic acids is 2. The SMILES string of the molecule is O=CNC1(NC(=O)CCCC(=O)O)C(=O)N2C(C(=O)O)=C(CSc3ccncc3)CS[C@@H]21. The Kier molecular flexibility index (Phi) is 7.40. The number of thioether (sulfide) groups is 2. The number of hydrogen-bond donors (Lipinski definition) is 4. The molecule has 1 unspecified atom stereocenters. The second-order valence-electron chi connectivity index (χ2n) is 6.93. The molecule has 0 saturated carbocycles. The van der Waals surface area contributed by atoms with Gasteiger partial charge in [0.05, 0.1) is 0 Å². The van der Waals surface area contributed by atoms with Gasteiger partial charge in [0.1, 0.15) is 11.1 Å². The van der Waals surface area contributed by atoms with Crippen molar-refractivity contribution in [2.75, 3.05) is 11.5 Å². The van der Waals surface area contributed by atoms with Crippen molar-refractivity contribution in [1.29, 1.82) is 0 Å². The fraction of sp³-hybridized carbons (Fsp3) is 0.368. The lowest BCUT2D eigenvalue weighted by molar-refractivity contribution is -0.162. The Balaban J connectivity index is 1.78. The molecule has 3 amide bonds. The average Bonchev–Trinajstić information content (AvgIpc) is 2.76. The largest absolute Gasteiger partial charge is 0.481 e. The Labute approximate surface area is 191 Å². The van der Waals surface area contributed by atoms with Crippen LogP contribution in [0.1, 0.15) is 19.3 Å². The van der Waals surface area contributed by atoms with Crippen LogP contribution in [0, 0.1) is 0 Å². The molecular formula is C19H20N4O7S2. The number of fused-ring (bicyclic) bond motifs is 1. The zero-order valence-corrected chi connectivity index (χ0v) is 18.3. The minimum Gasteiger partial charge on any atom is -0.481 e. The number of nitrogens with one attached hydrogen (secondary N) is 2. The summed E-state index contributed by atoms with van der Waals surface area (Å²) >= 11 is 2.63. The summed E-state index contributed by atoms with van der Waals surface area (Å²) in [4.78, 5) is 65.0. The molecule has 3 heterocycles. The van der Waals surface area contributed by atoms with Crippen LogP contribution in [0.25, 0.3) is 0 Å². The molecule has 2 aliphatic rings. The molecular weight excluding hydrogens is 460 g/mol. The average molecular weight is 481 g/mol. The maximum absolute atomic E-state index is 13.0. The highest BCUT2D eigenvalue weighted by molar-refractivity contribution is 8.01. The van der Waals surface area contributed by atoms with Gasteiger partial charge in [0, 0.05) is 41.6 Å². The fourth-order valence-electron chi connectivity index (χ4n) is 3.40. The molecule has 0 aromatic carbocycles. The molecule has 0 aliphatic carbocycles. The number of pyridine rings is 1. The minimum absolute atomic E-state index is 0.0602. The van der Waals surface area contributed by atoms with E-state index in [2.05, 4.69) is 15.6 Å². The monoisotopic (exact) mass is 480 g/mol. The number of nitrogens with zero attached hydrogens (tertiary/aromatic N) is 2. The van der Waals surface area contributed by atoms with Gasteiger partial charge in [0.15, 0.2) is 0 Å².